The van der Waals surface area contributed by atoms with Crippen molar-refractivity contribution in [2.45, 2.75) is 52.2 Å². The number of hydrogen-bond acceptors (Lipinski definition) is 2. The van der Waals surface area contributed by atoms with E-state index < -0.39 is 6.10 Å². The van der Waals surface area contributed by atoms with Gasteiger partial charge in [0.05, 0.1) is 17.8 Å². The van der Waals surface area contributed by atoms with Gasteiger partial charge in [-0.05, 0) is 49.1 Å². The number of nitrogens with zero attached hydrogens (tertiary/aromatic N) is 2. The third-order valence-corrected chi connectivity index (χ3v) is 3.97. The van der Waals surface area contributed by atoms with E-state index in [1.54, 1.807) is 6.07 Å². The van der Waals surface area contributed by atoms with Crippen LogP contribution in [0.3, 0.4) is 0 Å². The average Bonchev–Trinajstić information content (AvgIpc) is 2.88. The van der Waals surface area contributed by atoms with Crippen LogP contribution in [-0.4, -0.2) is 14.9 Å². The van der Waals surface area contributed by atoms with Gasteiger partial charge in [0.25, 0.3) is 0 Å². The van der Waals surface area contributed by atoms with Gasteiger partial charge in [0.15, 0.2) is 0 Å². The molecule has 3 nitrogen and oxygen atoms in total. The lowest BCUT2D eigenvalue weighted by Crippen LogP contribution is -2.09. The topological polar surface area (TPSA) is 38.0 Å². The molecule has 0 radical (unpaired) electrons. The van der Waals surface area contributed by atoms with Crippen LogP contribution in [0.2, 0.25) is 0 Å². The number of hydrogen-bond donors (Lipinski definition) is 1. The van der Waals surface area contributed by atoms with Gasteiger partial charge in [-0.1, -0.05) is 19.9 Å². The van der Waals surface area contributed by atoms with Crippen LogP contribution < -0.4 is 0 Å². The van der Waals surface area contributed by atoms with Gasteiger partial charge >= 0.3 is 0 Å². The van der Waals surface area contributed by atoms with Crippen molar-refractivity contribution in [1.29, 1.82) is 0 Å². The molecular weight excluding hydrogens is 267 g/mol. The number of aliphatic hydroxyl groups is 1. The van der Waals surface area contributed by atoms with Crippen LogP contribution in [0.5, 0.6) is 0 Å². The summed E-state index contributed by atoms with van der Waals surface area (Å²) in [5.74, 6) is -0.276. The third kappa shape index (κ3) is 3.70. The number of benzene rings is 1. The Balaban J connectivity index is 2.11. The summed E-state index contributed by atoms with van der Waals surface area (Å²) in [7, 11) is 0. The monoisotopic (exact) mass is 290 g/mol. The largest absolute Gasteiger partial charge is 0.388 e. The van der Waals surface area contributed by atoms with Gasteiger partial charge in [-0.25, -0.2) is 4.39 Å². The molecule has 1 atom stereocenters. The maximum atomic E-state index is 13.1. The minimum absolute atomic E-state index is 0.276. The summed E-state index contributed by atoms with van der Waals surface area (Å²) in [5, 5.41) is 14.9. The highest BCUT2D eigenvalue weighted by Gasteiger charge is 2.15. The van der Waals surface area contributed by atoms with E-state index in [4.69, 9.17) is 0 Å². The van der Waals surface area contributed by atoms with Crippen LogP contribution >= 0.6 is 0 Å². The summed E-state index contributed by atoms with van der Waals surface area (Å²) in [4.78, 5) is 0. The number of halogens is 1. The lowest BCUT2D eigenvalue weighted by atomic mass is 10.00. The van der Waals surface area contributed by atoms with Crippen molar-refractivity contribution in [2.24, 2.45) is 0 Å². The van der Waals surface area contributed by atoms with E-state index in [-0.39, 0.29) is 5.82 Å². The zero-order valence-corrected chi connectivity index (χ0v) is 12.9. The Hall–Kier alpha value is -1.68. The zero-order chi connectivity index (χ0) is 15.4. The smallest absolute Gasteiger partial charge is 0.123 e. The highest BCUT2D eigenvalue weighted by molar-refractivity contribution is 5.29. The predicted octanol–water partition coefficient (Wildman–Crippen LogP) is 3.97. The van der Waals surface area contributed by atoms with Gasteiger partial charge < -0.3 is 5.11 Å². The fraction of sp³-hybridized carbons (Fsp3) is 0.471. The molecule has 0 fully saturated rings. The second kappa shape index (κ2) is 6.85. The van der Waals surface area contributed by atoms with E-state index in [0.717, 1.165) is 29.7 Å². The number of aryl methyl sites for hydroxylation is 1. The molecule has 1 N–H and O–H groups in total. The summed E-state index contributed by atoms with van der Waals surface area (Å²) in [6.07, 6.45) is 3.83. The summed E-state index contributed by atoms with van der Waals surface area (Å²) >= 11 is 0. The lowest BCUT2D eigenvalue weighted by Gasteiger charge is -2.14. The average molecular weight is 290 g/mol. The van der Waals surface area contributed by atoms with Gasteiger partial charge in [0, 0.05) is 12.6 Å². The predicted molar refractivity (Wildman–Crippen MR) is 81.6 cm³/mol. The molecule has 0 aliphatic rings. The molecule has 2 rings (SSSR count). The second-order valence-electron chi connectivity index (χ2n) is 5.48. The first-order valence-electron chi connectivity index (χ1n) is 7.53. The first-order chi connectivity index (χ1) is 10.0. The molecule has 0 spiro atoms. The molecule has 0 bridgehead atoms. The van der Waals surface area contributed by atoms with Gasteiger partial charge in [-0.15, -0.1) is 0 Å². The molecule has 2 aromatic rings. The molecule has 114 valence electrons. The van der Waals surface area contributed by atoms with E-state index in [9.17, 15) is 9.50 Å². The van der Waals surface area contributed by atoms with Crippen molar-refractivity contribution in [3.8, 4) is 0 Å². The molecule has 1 heterocycles. The molecule has 21 heavy (non-hydrogen) atoms. The van der Waals surface area contributed by atoms with Crippen LogP contribution in [-0.2, 0) is 6.42 Å². The van der Waals surface area contributed by atoms with Gasteiger partial charge in [-0.2, -0.15) is 5.10 Å². The summed E-state index contributed by atoms with van der Waals surface area (Å²) in [6, 6.07) is 6.83. The van der Waals surface area contributed by atoms with E-state index >= 15 is 0 Å². The fourth-order valence-corrected chi connectivity index (χ4v) is 2.67. The third-order valence-electron chi connectivity index (χ3n) is 3.97. The lowest BCUT2D eigenvalue weighted by molar-refractivity contribution is 0.176. The molecule has 0 saturated carbocycles. The molecule has 1 aromatic carbocycles. The van der Waals surface area contributed by atoms with Crippen molar-refractivity contribution in [3.05, 3.63) is 53.1 Å². The number of rotatable bonds is 6. The highest BCUT2D eigenvalue weighted by atomic mass is 19.1. The van der Waals surface area contributed by atoms with Crippen LogP contribution in [0.4, 0.5) is 4.39 Å². The minimum atomic E-state index is -0.657. The van der Waals surface area contributed by atoms with E-state index in [1.165, 1.54) is 12.1 Å². The van der Waals surface area contributed by atoms with Crippen molar-refractivity contribution in [1.82, 2.24) is 9.78 Å². The molecule has 0 aliphatic heterocycles. The Bertz CT molecular complexity index is 590. The number of aliphatic hydroxyl groups excluding tert-OH is 1. The molecule has 1 aromatic heterocycles. The van der Waals surface area contributed by atoms with Gasteiger partial charge in [0.1, 0.15) is 5.82 Å². The summed E-state index contributed by atoms with van der Waals surface area (Å²) < 4.78 is 15.1. The second-order valence-corrected chi connectivity index (χ2v) is 5.48. The number of aromatic nitrogens is 2. The Morgan fingerprint density at radius 1 is 1.24 bits per heavy atom. The molecular formula is C17H23FN2O. The first kappa shape index (κ1) is 15.7. The fourth-order valence-electron chi connectivity index (χ4n) is 2.67. The normalized spacial score (nSPS) is 12.9. The summed E-state index contributed by atoms with van der Waals surface area (Å²) in [5.41, 5.74) is 2.38. The van der Waals surface area contributed by atoms with E-state index in [1.807, 2.05) is 23.9 Å². The van der Waals surface area contributed by atoms with Crippen molar-refractivity contribution in [3.63, 3.8) is 0 Å². The van der Waals surface area contributed by atoms with Crippen molar-refractivity contribution in [2.75, 3.05) is 0 Å². The van der Waals surface area contributed by atoms with Crippen LogP contribution in [0, 0.1) is 12.7 Å². The standard InChI is InChI=1S/C17H23FN2O/c1-4-15(5-2)20-9-8-14(19-20)11-17(21)16-7-6-13(18)10-12(16)3/h6-10,15,17,21H,4-5,11H2,1-3H3. The minimum Gasteiger partial charge on any atom is -0.388 e. The molecule has 0 amide bonds. The highest BCUT2D eigenvalue weighted by Crippen LogP contribution is 2.22. The quantitative estimate of drug-likeness (QED) is 0.874. The molecule has 0 saturated heterocycles. The van der Waals surface area contributed by atoms with E-state index in [2.05, 4.69) is 18.9 Å². The summed E-state index contributed by atoms with van der Waals surface area (Å²) in [6.45, 7) is 6.10. The Kier molecular flexibility index (Phi) is 5.12. The molecule has 4 heteroatoms. The Morgan fingerprint density at radius 3 is 2.57 bits per heavy atom. The van der Waals surface area contributed by atoms with Gasteiger partial charge in [-0.3, -0.25) is 4.68 Å². The Labute approximate surface area is 125 Å². The van der Waals surface area contributed by atoms with Crippen molar-refractivity contribution < 1.29 is 9.50 Å². The van der Waals surface area contributed by atoms with E-state index in [0.29, 0.717) is 12.5 Å². The zero-order valence-electron chi connectivity index (χ0n) is 12.9. The maximum absolute atomic E-state index is 13.1. The Morgan fingerprint density at radius 2 is 1.95 bits per heavy atom. The van der Waals surface area contributed by atoms with Crippen LogP contribution in [0.15, 0.2) is 30.5 Å². The maximum Gasteiger partial charge on any atom is 0.123 e. The molecule has 1 unspecified atom stereocenters. The van der Waals surface area contributed by atoms with Crippen LogP contribution in [0.25, 0.3) is 0 Å². The van der Waals surface area contributed by atoms with Crippen LogP contribution in [0.1, 0.15) is 55.7 Å². The van der Waals surface area contributed by atoms with Crippen molar-refractivity contribution >= 4 is 0 Å². The van der Waals surface area contributed by atoms with Gasteiger partial charge in [0.2, 0.25) is 0 Å². The SMILES string of the molecule is CCC(CC)n1ccc(CC(O)c2ccc(F)cc2C)n1. The molecule has 0 aliphatic carbocycles. The first-order valence-corrected chi connectivity index (χ1v) is 7.53.